The fourth-order valence-corrected chi connectivity index (χ4v) is 2.90. The molecule has 0 saturated carbocycles. The topological polar surface area (TPSA) is 66.8 Å². The van der Waals surface area contributed by atoms with Crippen molar-refractivity contribution in [3.8, 4) is 0 Å². The highest BCUT2D eigenvalue weighted by Crippen LogP contribution is 2.33. The van der Waals surface area contributed by atoms with Gasteiger partial charge in [-0.3, -0.25) is 9.59 Å². The summed E-state index contributed by atoms with van der Waals surface area (Å²) >= 11 is 0. The van der Waals surface area contributed by atoms with Crippen LogP contribution in [0.2, 0.25) is 0 Å². The third-order valence-corrected chi connectivity index (χ3v) is 4.01. The Kier molecular flexibility index (Phi) is 4.96. The Morgan fingerprint density at radius 1 is 1.33 bits per heavy atom. The lowest BCUT2D eigenvalue weighted by molar-refractivity contribution is -0.142. The molecule has 1 aliphatic heterocycles. The summed E-state index contributed by atoms with van der Waals surface area (Å²) in [6.07, 6.45) is 0. The Balaban J connectivity index is 2.16. The first-order valence-electron chi connectivity index (χ1n) is 7.10. The Labute approximate surface area is 124 Å². The van der Waals surface area contributed by atoms with Crippen molar-refractivity contribution in [2.75, 3.05) is 26.8 Å². The van der Waals surface area contributed by atoms with Crippen LogP contribution >= 0.6 is 0 Å². The number of carbonyl (C=O) groups is 2. The zero-order chi connectivity index (χ0) is 15.4. The van der Waals surface area contributed by atoms with Gasteiger partial charge >= 0.3 is 5.97 Å². The van der Waals surface area contributed by atoms with Crippen molar-refractivity contribution in [1.29, 1.82) is 0 Å². The molecule has 1 aromatic rings. The molecular weight excluding hydrogens is 270 g/mol. The fourth-order valence-electron chi connectivity index (χ4n) is 2.90. The van der Waals surface area contributed by atoms with E-state index in [1.165, 1.54) is 0 Å². The molecule has 1 aromatic carbocycles. The zero-order valence-electron chi connectivity index (χ0n) is 12.4. The molecule has 1 amide bonds. The Morgan fingerprint density at radius 2 is 2.00 bits per heavy atom. The molecule has 2 rings (SSSR count). The van der Waals surface area contributed by atoms with E-state index in [1.54, 1.807) is 18.9 Å². The third kappa shape index (κ3) is 3.42. The van der Waals surface area contributed by atoms with Crippen LogP contribution in [0.4, 0.5) is 0 Å². The molecule has 114 valence electrons. The second kappa shape index (κ2) is 6.72. The van der Waals surface area contributed by atoms with E-state index in [9.17, 15) is 14.7 Å². The first-order chi connectivity index (χ1) is 10.0. The molecule has 1 aliphatic rings. The van der Waals surface area contributed by atoms with E-state index >= 15 is 0 Å². The van der Waals surface area contributed by atoms with Crippen molar-refractivity contribution in [1.82, 2.24) is 4.90 Å². The molecule has 0 bridgehead atoms. The molecule has 1 N–H and O–H groups in total. The summed E-state index contributed by atoms with van der Waals surface area (Å²) in [5.74, 6) is -1.84. The molecule has 5 nitrogen and oxygen atoms in total. The van der Waals surface area contributed by atoms with Gasteiger partial charge in [-0.2, -0.15) is 0 Å². The summed E-state index contributed by atoms with van der Waals surface area (Å²) in [4.78, 5) is 25.5. The highest BCUT2D eigenvalue weighted by Gasteiger charge is 2.41. The van der Waals surface area contributed by atoms with Crippen LogP contribution in [0.15, 0.2) is 30.3 Å². The van der Waals surface area contributed by atoms with Gasteiger partial charge in [0.05, 0.1) is 18.4 Å². The van der Waals surface area contributed by atoms with Gasteiger partial charge in [0, 0.05) is 26.1 Å². The van der Waals surface area contributed by atoms with Crippen LogP contribution in [0.1, 0.15) is 18.4 Å². The quantitative estimate of drug-likeness (QED) is 0.894. The largest absolute Gasteiger partial charge is 0.481 e. The molecule has 1 unspecified atom stereocenters. The van der Waals surface area contributed by atoms with Crippen LogP contribution in [0.25, 0.3) is 0 Å². The molecule has 0 spiro atoms. The monoisotopic (exact) mass is 291 g/mol. The number of benzene rings is 1. The van der Waals surface area contributed by atoms with E-state index in [2.05, 4.69) is 0 Å². The van der Waals surface area contributed by atoms with E-state index in [0.717, 1.165) is 5.56 Å². The molecule has 5 heteroatoms. The van der Waals surface area contributed by atoms with Crippen LogP contribution in [0.3, 0.4) is 0 Å². The summed E-state index contributed by atoms with van der Waals surface area (Å²) in [5, 5.41) is 9.42. The molecule has 1 heterocycles. The lowest BCUT2D eigenvalue weighted by Crippen LogP contribution is -2.35. The van der Waals surface area contributed by atoms with Gasteiger partial charge in [-0.15, -0.1) is 0 Å². The summed E-state index contributed by atoms with van der Waals surface area (Å²) < 4.78 is 5.01. The Bertz CT molecular complexity index is 502. The van der Waals surface area contributed by atoms with Gasteiger partial charge in [0.15, 0.2) is 0 Å². The number of nitrogens with zero attached hydrogens (tertiary/aromatic N) is 1. The standard InChI is InChI=1S/C16H21NO4/c1-11(10-21-2)15(18)17-8-13(14(9-17)16(19)20)12-6-4-3-5-7-12/h3-7,11,13-14H,8-10H2,1-2H3,(H,19,20)/t11?,13-,14-/m0/s1. The molecule has 1 fully saturated rings. The number of aliphatic carboxylic acids is 1. The average molecular weight is 291 g/mol. The van der Waals surface area contributed by atoms with E-state index < -0.39 is 11.9 Å². The minimum atomic E-state index is -0.849. The summed E-state index contributed by atoms with van der Waals surface area (Å²) in [6.45, 7) is 2.87. The third-order valence-electron chi connectivity index (χ3n) is 4.01. The van der Waals surface area contributed by atoms with Crippen molar-refractivity contribution in [2.45, 2.75) is 12.8 Å². The van der Waals surface area contributed by atoms with Crippen LogP contribution in [-0.2, 0) is 14.3 Å². The molecule has 0 aliphatic carbocycles. The first-order valence-corrected chi connectivity index (χ1v) is 7.10. The van der Waals surface area contributed by atoms with Crippen LogP contribution in [-0.4, -0.2) is 48.7 Å². The number of methoxy groups -OCH3 is 1. The van der Waals surface area contributed by atoms with Crippen molar-refractivity contribution in [3.05, 3.63) is 35.9 Å². The summed E-state index contributed by atoms with van der Waals surface area (Å²) in [5.41, 5.74) is 0.972. The first kappa shape index (κ1) is 15.5. The van der Waals surface area contributed by atoms with E-state index in [1.807, 2.05) is 30.3 Å². The maximum atomic E-state index is 12.3. The highest BCUT2D eigenvalue weighted by molar-refractivity contribution is 5.81. The van der Waals surface area contributed by atoms with Gasteiger partial charge in [0.2, 0.25) is 5.91 Å². The van der Waals surface area contributed by atoms with Crippen LogP contribution < -0.4 is 0 Å². The normalized spacial score (nSPS) is 23.0. The number of carboxylic acid groups (broad SMARTS) is 1. The number of rotatable bonds is 5. The summed E-state index contributed by atoms with van der Waals surface area (Å²) in [7, 11) is 1.56. The molecule has 0 aromatic heterocycles. The van der Waals surface area contributed by atoms with Crippen LogP contribution in [0, 0.1) is 11.8 Å². The van der Waals surface area contributed by atoms with Crippen molar-refractivity contribution < 1.29 is 19.4 Å². The van der Waals surface area contributed by atoms with Gasteiger partial charge in [-0.25, -0.2) is 0 Å². The van der Waals surface area contributed by atoms with Crippen molar-refractivity contribution in [2.24, 2.45) is 11.8 Å². The number of likely N-dealkylation sites (tertiary alicyclic amines) is 1. The molecule has 21 heavy (non-hydrogen) atoms. The number of carboxylic acids is 1. The smallest absolute Gasteiger partial charge is 0.308 e. The predicted octanol–water partition coefficient (Wildman–Crippen LogP) is 1.60. The Hall–Kier alpha value is -1.88. The van der Waals surface area contributed by atoms with Crippen molar-refractivity contribution in [3.63, 3.8) is 0 Å². The Morgan fingerprint density at radius 3 is 2.57 bits per heavy atom. The number of hydrogen-bond acceptors (Lipinski definition) is 3. The number of amides is 1. The van der Waals surface area contributed by atoms with Gasteiger partial charge < -0.3 is 14.7 Å². The van der Waals surface area contributed by atoms with Crippen molar-refractivity contribution >= 4 is 11.9 Å². The zero-order valence-corrected chi connectivity index (χ0v) is 12.4. The molecule has 3 atom stereocenters. The SMILES string of the molecule is COCC(C)C(=O)N1C[C@H](C(=O)O)[C@H](c2ccccc2)C1. The van der Waals surface area contributed by atoms with Gasteiger partial charge in [0.1, 0.15) is 0 Å². The highest BCUT2D eigenvalue weighted by atomic mass is 16.5. The number of hydrogen-bond donors (Lipinski definition) is 1. The van der Waals surface area contributed by atoms with Gasteiger partial charge in [-0.05, 0) is 5.56 Å². The minimum Gasteiger partial charge on any atom is -0.481 e. The maximum Gasteiger partial charge on any atom is 0.308 e. The van der Waals surface area contributed by atoms with Gasteiger partial charge in [0.25, 0.3) is 0 Å². The lowest BCUT2D eigenvalue weighted by atomic mass is 9.89. The summed E-state index contributed by atoms with van der Waals surface area (Å²) in [6, 6.07) is 9.54. The molecule has 0 radical (unpaired) electrons. The lowest BCUT2D eigenvalue weighted by Gasteiger charge is -2.20. The minimum absolute atomic E-state index is 0.0402. The predicted molar refractivity (Wildman–Crippen MR) is 77.9 cm³/mol. The van der Waals surface area contributed by atoms with E-state index in [0.29, 0.717) is 13.2 Å². The molecule has 1 saturated heterocycles. The number of ether oxygens (including phenoxy) is 1. The molecular formula is C16H21NO4. The average Bonchev–Trinajstić information content (AvgIpc) is 2.93. The number of carbonyl (C=O) groups excluding carboxylic acids is 1. The maximum absolute atomic E-state index is 12.3. The van der Waals surface area contributed by atoms with Gasteiger partial charge in [-0.1, -0.05) is 37.3 Å². The second-order valence-electron chi connectivity index (χ2n) is 5.56. The second-order valence-corrected chi connectivity index (χ2v) is 5.56. The van der Waals surface area contributed by atoms with Crippen LogP contribution in [0.5, 0.6) is 0 Å². The van der Waals surface area contributed by atoms with E-state index in [4.69, 9.17) is 4.74 Å². The van der Waals surface area contributed by atoms with E-state index in [-0.39, 0.29) is 24.3 Å². The fraction of sp³-hybridized carbons (Fsp3) is 0.500.